The fourth-order valence-electron chi connectivity index (χ4n) is 1.36. The zero-order chi connectivity index (χ0) is 11.0. The molecule has 2 N–H and O–H groups in total. The van der Waals surface area contributed by atoms with Crippen LogP contribution in [0.2, 0.25) is 0 Å². The maximum absolute atomic E-state index is 10.8. The van der Waals surface area contributed by atoms with E-state index in [0.717, 1.165) is 10.9 Å². The molecule has 0 atom stereocenters. The van der Waals surface area contributed by atoms with Gasteiger partial charge in [0.1, 0.15) is 11.8 Å². The highest BCUT2D eigenvalue weighted by molar-refractivity contribution is 6.02. The molecule has 0 saturated carbocycles. The van der Waals surface area contributed by atoms with Crippen LogP contribution in [0, 0.1) is 0 Å². The average Bonchev–Trinajstić information content (AvgIpc) is 2.59. The minimum Gasteiger partial charge on any atom is -0.478 e. The van der Waals surface area contributed by atoms with Crippen LogP contribution in [0.25, 0.3) is 11.0 Å². The van der Waals surface area contributed by atoms with Gasteiger partial charge in [0.25, 0.3) is 0 Å². The van der Waals surface area contributed by atoms with E-state index in [1.165, 1.54) is 18.2 Å². The van der Waals surface area contributed by atoms with Gasteiger partial charge in [0.05, 0.1) is 11.1 Å². The summed E-state index contributed by atoms with van der Waals surface area (Å²) >= 11 is 0. The second-order valence-corrected chi connectivity index (χ2v) is 2.88. The number of imidazole rings is 1. The molecule has 2 rings (SSSR count). The van der Waals surface area contributed by atoms with Crippen molar-refractivity contribution in [2.75, 3.05) is 0 Å². The number of benzene rings is 1. The molecule has 15 heavy (non-hydrogen) atoms. The Morgan fingerprint density at radius 2 is 2.00 bits per heavy atom. The Bertz CT molecular complexity index is 558. The van der Waals surface area contributed by atoms with Gasteiger partial charge in [-0.05, 0) is 12.1 Å². The van der Waals surface area contributed by atoms with Crippen LogP contribution in [-0.4, -0.2) is 31.8 Å². The first-order valence-electron chi connectivity index (χ1n) is 4.04. The molecule has 2 aromatic rings. The summed E-state index contributed by atoms with van der Waals surface area (Å²) in [4.78, 5) is 25.3. The van der Waals surface area contributed by atoms with Crippen molar-refractivity contribution in [3.8, 4) is 0 Å². The molecule has 0 radical (unpaired) electrons. The Hall–Kier alpha value is -2.37. The highest BCUT2D eigenvalue weighted by Crippen LogP contribution is 2.17. The van der Waals surface area contributed by atoms with E-state index in [1.807, 2.05) is 0 Å². The lowest BCUT2D eigenvalue weighted by Gasteiger charge is -1.97. The topological polar surface area (TPSA) is 92.4 Å². The average molecular weight is 206 g/mol. The predicted octanol–water partition coefficient (Wildman–Crippen LogP) is 1.26. The van der Waals surface area contributed by atoms with Crippen LogP contribution in [0.4, 0.5) is 4.79 Å². The number of para-hydroxylation sites is 1. The van der Waals surface area contributed by atoms with Crippen molar-refractivity contribution in [3.63, 3.8) is 0 Å². The maximum Gasteiger partial charge on any atom is 0.417 e. The summed E-state index contributed by atoms with van der Waals surface area (Å²) in [5, 5.41) is 17.6. The second-order valence-electron chi connectivity index (χ2n) is 2.88. The van der Waals surface area contributed by atoms with Crippen LogP contribution < -0.4 is 0 Å². The van der Waals surface area contributed by atoms with Crippen molar-refractivity contribution in [1.82, 2.24) is 9.55 Å². The Balaban J connectivity index is 2.80. The van der Waals surface area contributed by atoms with Crippen molar-refractivity contribution >= 4 is 23.1 Å². The Morgan fingerprint density at radius 3 is 2.60 bits per heavy atom. The van der Waals surface area contributed by atoms with E-state index in [-0.39, 0.29) is 16.6 Å². The molecule has 0 amide bonds. The molecule has 0 unspecified atom stereocenters. The SMILES string of the molecule is O=C(O)c1cccc2c1ncn2C(=O)O. The van der Waals surface area contributed by atoms with Gasteiger partial charge in [-0.15, -0.1) is 0 Å². The van der Waals surface area contributed by atoms with E-state index in [1.54, 1.807) is 0 Å². The van der Waals surface area contributed by atoms with Crippen LogP contribution in [0.3, 0.4) is 0 Å². The quantitative estimate of drug-likeness (QED) is 0.732. The smallest absolute Gasteiger partial charge is 0.417 e. The minimum absolute atomic E-state index is 0.00694. The third kappa shape index (κ3) is 1.32. The summed E-state index contributed by atoms with van der Waals surface area (Å²) < 4.78 is 0.877. The standard InChI is InChI=1S/C9H6N2O4/c12-8(13)5-2-1-3-6-7(5)10-4-11(6)9(14)15/h1-4H,(H,12,13)(H,14,15). The van der Waals surface area contributed by atoms with E-state index in [9.17, 15) is 9.59 Å². The lowest BCUT2D eigenvalue weighted by atomic mass is 10.2. The number of fused-ring (bicyclic) bond motifs is 1. The summed E-state index contributed by atoms with van der Waals surface area (Å²) in [7, 11) is 0. The van der Waals surface area contributed by atoms with Gasteiger partial charge < -0.3 is 10.2 Å². The van der Waals surface area contributed by atoms with Gasteiger partial charge in [-0.3, -0.25) is 0 Å². The number of nitrogens with zero attached hydrogens (tertiary/aromatic N) is 2. The number of carboxylic acids is 1. The normalized spacial score (nSPS) is 10.4. The lowest BCUT2D eigenvalue weighted by molar-refractivity contribution is 0.0698. The van der Waals surface area contributed by atoms with Crippen LogP contribution in [-0.2, 0) is 0 Å². The number of aromatic nitrogens is 2. The zero-order valence-electron chi connectivity index (χ0n) is 7.41. The first-order chi connectivity index (χ1) is 7.11. The Morgan fingerprint density at radius 1 is 1.27 bits per heavy atom. The van der Waals surface area contributed by atoms with Crippen molar-refractivity contribution in [1.29, 1.82) is 0 Å². The number of rotatable bonds is 1. The van der Waals surface area contributed by atoms with Gasteiger partial charge >= 0.3 is 12.1 Å². The Labute approximate surface area is 83.4 Å². The van der Waals surface area contributed by atoms with Crippen molar-refractivity contribution in [2.45, 2.75) is 0 Å². The molecule has 6 nitrogen and oxygen atoms in total. The van der Waals surface area contributed by atoms with Crippen molar-refractivity contribution in [2.24, 2.45) is 0 Å². The summed E-state index contributed by atoms with van der Waals surface area (Å²) in [6.45, 7) is 0. The molecule has 1 aromatic heterocycles. The lowest BCUT2D eigenvalue weighted by Crippen LogP contribution is -2.06. The van der Waals surface area contributed by atoms with Gasteiger partial charge in [0.15, 0.2) is 0 Å². The van der Waals surface area contributed by atoms with Gasteiger partial charge in [0.2, 0.25) is 0 Å². The fourth-order valence-corrected chi connectivity index (χ4v) is 1.36. The highest BCUT2D eigenvalue weighted by Gasteiger charge is 2.14. The molecule has 0 fully saturated rings. The van der Waals surface area contributed by atoms with E-state index in [2.05, 4.69) is 4.98 Å². The van der Waals surface area contributed by atoms with E-state index < -0.39 is 12.1 Å². The molecule has 76 valence electrons. The van der Waals surface area contributed by atoms with Crippen LogP contribution in [0.5, 0.6) is 0 Å². The number of hydrogen-bond donors (Lipinski definition) is 2. The van der Waals surface area contributed by atoms with Gasteiger partial charge in [0, 0.05) is 0 Å². The summed E-state index contributed by atoms with van der Waals surface area (Å²) in [6, 6.07) is 4.36. The maximum atomic E-state index is 10.8. The summed E-state index contributed by atoms with van der Waals surface area (Å²) in [5.74, 6) is -1.13. The fraction of sp³-hybridized carbons (Fsp3) is 0. The third-order valence-corrected chi connectivity index (χ3v) is 2.01. The van der Waals surface area contributed by atoms with Crippen LogP contribution >= 0.6 is 0 Å². The van der Waals surface area contributed by atoms with Gasteiger partial charge in [-0.25, -0.2) is 19.1 Å². The number of hydrogen-bond acceptors (Lipinski definition) is 3. The molecule has 1 aromatic carbocycles. The van der Waals surface area contributed by atoms with Gasteiger partial charge in [-0.2, -0.15) is 0 Å². The molecule has 0 bridgehead atoms. The van der Waals surface area contributed by atoms with E-state index >= 15 is 0 Å². The number of aromatic carboxylic acids is 1. The molecule has 1 heterocycles. The Kier molecular flexibility index (Phi) is 1.89. The van der Waals surface area contributed by atoms with Crippen molar-refractivity contribution in [3.05, 3.63) is 30.1 Å². The minimum atomic E-state index is -1.19. The molecule has 0 aliphatic heterocycles. The van der Waals surface area contributed by atoms with E-state index in [4.69, 9.17) is 10.2 Å². The van der Waals surface area contributed by atoms with E-state index in [0.29, 0.717) is 0 Å². The molecule has 0 saturated heterocycles. The predicted molar refractivity (Wildman–Crippen MR) is 50.1 cm³/mol. The van der Waals surface area contributed by atoms with Crippen LogP contribution in [0.15, 0.2) is 24.5 Å². The molecule has 0 spiro atoms. The van der Waals surface area contributed by atoms with Crippen molar-refractivity contribution < 1.29 is 19.8 Å². The third-order valence-electron chi connectivity index (χ3n) is 2.01. The summed E-state index contributed by atoms with van der Waals surface area (Å²) in [6.07, 6.45) is -0.112. The molecular formula is C9H6N2O4. The first kappa shape index (κ1) is 9.20. The monoisotopic (exact) mass is 206 g/mol. The molecular weight excluding hydrogens is 200 g/mol. The summed E-state index contributed by atoms with van der Waals surface area (Å²) in [5.41, 5.74) is 0.433. The molecule has 0 aliphatic rings. The van der Waals surface area contributed by atoms with Gasteiger partial charge in [-0.1, -0.05) is 6.07 Å². The zero-order valence-corrected chi connectivity index (χ0v) is 7.41. The second kappa shape index (κ2) is 3.09. The number of carbonyl (C=O) groups is 2. The first-order valence-corrected chi connectivity index (χ1v) is 4.04. The van der Waals surface area contributed by atoms with Crippen LogP contribution in [0.1, 0.15) is 10.4 Å². The molecule has 0 aliphatic carbocycles. The highest BCUT2D eigenvalue weighted by atomic mass is 16.4. The number of carboxylic acid groups (broad SMARTS) is 2. The molecule has 6 heteroatoms. The largest absolute Gasteiger partial charge is 0.478 e.